The highest BCUT2D eigenvalue weighted by Crippen LogP contribution is 2.58. The molecule has 2 saturated carbocycles. The molecule has 2 rings (SSSR count). The van der Waals surface area contributed by atoms with Crippen LogP contribution >= 0.6 is 24.0 Å². The predicted molar refractivity (Wildman–Crippen MR) is 123 cm³/mol. The van der Waals surface area contributed by atoms with Gasteiger partial charge in [0.25, 0.3) is 0 Å². The zero-order chi connectivity index (χ0) is 20.1. The normalized spacial score (nSPS) is 30.4. The lowest BCUT2D eigenvalue weighted by Crippen LogP contribution is -2.42. The van der Waals surface area contributed by atoms with Gasteiger partial charge in [-0.25, -0.2) is 0 Å². The van der Waals surface area contributed by atoms with Crippen molar-refractivity contribution in [2.45, 2.75) is 57.5 Å². The number of hydrogen-bond acceptors (Lipinski definition) is 5. The smallest absolute Gasteiger partial charge is 0.219 e. The van der Waals surface area contributed by atoms with Crippen molar-refractivity contribution < 1.29 is 14.2 Å². The van der Waals surface area contributed by atoms with Gasteiger partial charge < -0.3 is 14.2 Å². The van der Waals surface area contributed by atoms with Crippen molar-refractivity contribution in [1.82, 2.24) is 0 Å². The number of thiocarbonyl (C=S) groups is 1. The fourth-order valence-electron chi connectivity index (χ4n) is 4.46. The Kier molecular flexibility index (Phi) is 8.62. The van der Waals surface area contributed by atoms with E-state index in [1.165, 1.54) is 23.4 Å². The summed E-state index contributed by atoms with van der Waals surface area (Å²) in [4.78, 5) is 0. The Labute approximate surface area is 176 Å². The molecule has 0 amide bonds. The molecular formula is C21H36O3S2Si. The third kappa shape index (κ3) is 6.43. The van der Waals surface area contributed by atoms with Gasteiger partial charge in [-0.1, -0.05) is 49.6 Å². The molecule has 6 heteroatoms. The Hall–Kier alpha value is -0.143. The number of fused-ring (bicyclic) bond motifs is 2. The molecule has 4 atom stereocenters. The van der Waals surface area contributed by atoms with Gasteiger partial charge in [0.1, 0.15) is 12.9 Å². The third-order valence-electron chi connectivity index (χ3n) is 5.98. The summed E-state index contributed by atoms with van der Waals surface area (Å²) in [5, 5.41) is 0. The maximum absolute atomic E-state index is 6.09. The first-order chi connectivity index (χ1) is 12.7. The Bertz CT molecular complexity index is 546. The molecule has 0 aliphatic heterocycles. The first-order valence-corrected chi connectivity index (χ1v) is 15.2. The maximum atomic E-state index is 6.09. The highest BCUT2D eigenvalue weighted by molar-refractivity contribution is 8.22. The van der Waals surface area contributed by atoms with Crippen LogP contribution in [-0.4, -0.2) is 44.8 Å². The minimum atomic E-state index is -1.05. The minimum absolute atomic E-state index is 0.138. The molecule has 0 radical (unpaired) electrons. The van der Waals surface area contributed by atoms with Gasteiger partial charge in [0, 0.05) is 26.0 Å². The number of thioether (sulfide) groups is 1. The van der Waals surface area contributed by atoms with E-state index in [-0.39, 0.29) is 11.5 Å². The molecule has 3 nitrogen and oxygen atoms in total. The lowest BCUT2D eigenvalue weighted by Gasteiger charge is -2.43. The third-order valence-corrected chi connectivity index (χ3v) is 8.71. The monoisotopic (exact) mass is 428 g/mol. The van der Waals surface area contributed by atoms with E-state index in [2.05, 4.69) is 32.8 Å². The van der Waals surface area contributed by atoms with Crippen LogP contribution in [0.5, 0.6) is 0 Å². The molecule has 0 heterocycles. The molecule has 0 spiro atoms. The Morgan fingerprint density at radius 3 is 2.74 bits per heavy atom. The van der Waals surface area contributed by atoms with Crippen molar-refractivity contribution in [2.24, 2.45) is 17.3 Å². The van der Waals surface area contributed by atoms with Gasteiger partial charge in [-0.2, -0.15) is 0 Å². The Morgan fingerprint density at radius 2 is 2.11 bits per heavy atom. The SMILES string of the molecule is C=CC[C@@H]1CC(OC(=S)SC)[C@@H]2C[C@@]1(COCOCC[Si](C)(C)C)CC2=C. The number of hydrogen-bond donors (Lipinski definition) is 0. The van der Waals surface area contributed by atoms with Crippen molar-refractivity contribution in [3.63, 3.8) is 0 Å². The zero-order valence-electron chi connectivity index (χ0n) is 17.4. The summed E-state index contributed by atoms with van der Waals surface area (Å²) in [7, 11) is -1.05. The molecule has 2 aliphatic rings. The van der Waals surface area contributed by atoms with Crippen molar-refractivity contribution in [3.05, 3.63) is 24.8 Å². The molecule has 2 bridgehead atoms. The van der Waals surface area contributed by atoms with Gasteiger partial charge in [-0.05, 0) is 56.1 Å². The topological polar surface area (TPSA) is 27.7 Å². The summed E-state index contributed by atoms with van der Waals surface area (Å²) in [6.07, 6.45) is 8.20. The van der Waals surface area contributed by atoms with Crippen molar-refractivity contribution in [1.29, 1.82) is 0 Å². The van der Waals surface area contributed by atoms with E-state index < -0.39 is 8.07 Å². The Balaban J connectivity index is 1.93. The van der Waals surface area contributed by atoms with Crippen LogP contribution in [0.3, 0.4) is 0 Å². The standard InChI is InChI=1S/C21H36O3S2Si/c1-7-8-17-11-19(24-20(25)26-3)18-13-21(17,12-16(18)2)14-23-15-22-9-10-27(4,5)6/h7,17-19H,1-2,8-15H2,3-6H3/t17-,18-,19?,21-/m1/s1. The molecule has 0 aromatic carbocycles. The highest BCUT2D eigenvalue weighted by atomic mass is 32.2. The summed E-state index contributed by atoms with van der Waals surface area (Å²) in [6.45, 7) is 17.4. The van der Waals surface area contributed by atoms with Crippen LogP contribution in [0.1, 0.15) is 25.7 Å². The average Bonchev–Trinajstić information content (AvgIpc) is 2.88. The van der Waals surface area contributed by atoms with Crippen molar-refractivity contribution >= 4 is 36.4 Å². The fourth-order valence-corrected chi connectivity index (χ4v) is 5.56. The van der Waals surface area contributed by atoms with Crippen LogP contribution < -0.4 is 0 Å². The number of rotatable bonds is 10. The van der Waals surface area contributed by atoms with Crippen LogP contribution in [-0.2, 0) is 14.2 Å². The molecular weight excluding hydrogens is 392 g/mol. The largest absolute Gasteiger partial charge is 0.475 e. The maximum Gasteiger partial charge on any atom is 0.219 e. The predicted octanol–water partition coefficient (Wildman–Crippen LogP) is 5.90. The molecule has 2 fully saturated rings. The van der Waals surface area contributed by atoms with Gasteiger partial charge in [0.05, 0.1) is 6.61 Å². The molecule has 0 aromatic heterocycles. The van der Waals surface area contributed by atoms with Crippen LogP contribution in [0.2, 0.25) is 25.7 Å². The molecule has 2 aliphatic carbocycles. The quantitative estimate of drug-likeness (QED) is 0.142. The first-order valence-electron chi connectivity index (χ1n) is 9.89. The van der Waals surface area contributed by atoms with E-state index in [0.717, 1.165) is 38.9 Å². The summed E-state index contributed by atoms with van der Waals surface area (Å²) in [5.41, 5.74) is 1.43. The van der Waals surface area contributed by atoms with Gasteiger partial charge in [0.2, 0.25) is 4.38 Å². The Morgan fingerprint density at radius 1 is 1.37 bits per heavy atom. The number of allylic oxidation sites excluding steroid dienone is 1. The van der Waals surface area contributed by atoms with Crippen molar-refractivity contribution in [2.75, 3.05) is 26.3 Å². The summed E-state index contributed by atoms with van der Waals surface area (Å²) < 4.78 is 18.5. The lowest BCUT2D eigenvalue weighted by molar-refractivity contribution is -0.103. The molecule has 0 saturated heterocycles. The molecule has 1 unspecified atom stereocenters. The van der Waals surface area contributed by atoms with Gasteiger partial charge in [0.15, 0.2) is 0 Å². The van der Waals surface area contributed by atoms with E-state index >= 15 is 0 Å². The van der Waals surface area contributed by atoms with E-state index in [1.807, 2.05) is 12.3 Å². The molecule has 0 N–H and O–H groups in total. The van der Waals surface area contributed by atoms with Crippen LogP contribution in [0.15, 0.2) is 24.8 Å². The molecule has 0 aromatic rings. The fraction of sp³-hybridized carbons (Fsp3) is 0.762. The second kappa shape index (κ2) is 10.1. The lowest BCUT2D eigenvalue weighted by atomic mass is 9.66. The number of ether oxygens (including phenoxy) is 3. The van der Waals surface area contributed by atoms with E-state index in [9.17, 15) is 0 Å². The van der Waals surface area contributed by atoms with Gasteiger partial charge in [-0.15, -0.1) is 6.58 Å². The van der Waals surface area contributed by atoms with E-state index in [1.54, 1.807) is 0 Å². The van der Waals surface area contributed by atoms with Crippen molar-refractivity contribution in [3.8, 4) is 0 Å². The summed E-state index contributed by atoms with van der Waals surface area (Å²) >= 11 is 6.81. The van der Waals surface area contributed by atoms with E-state index in [4.69, 9.17) is 26.4 Å². The zero-order valence-corrected chi connectivity index (χ0v) is 20.1. The van der Waals surface area contributed by atoms with Crippen LogP contribution in [0.25, 0.3) is 0 Å². The molecule has 27 heavy (non-hydrogen) atoms. The van der Waals surface area contributed by atoms with E-state index in [0.29, 0.717) is 23.0 Å². The minimum Gasteiger partial charge on any atom is -0.475 e. The van der Waals surface area contributed by atoms with Gasteiger partial charge in [-0.3, -0.25) is 0 Å². The summed E-state index contributed by atoms with van der Waals surface area (Å²) in [6, 6.07) is 1.17. The van der Waals surface area contributed by atoms with Crippen LogP contribution in [0.4, 0.5) is 0 Å². The highest BCUT2D eigenvalue weighted by Gasteiger charge is 2.54. The van der Waals surface area contributed by atoms with Crippen LogP contribution in [0, 0.1) is 17.3 Å². The summed E-state index contributed by atoms with van der Waals surface area (Å²) in [5.74, 6) is 0.870. The average molecular weight is 429 g/mol. The molecule has 154 valence electrons. The second-order valence-electron chi connectivity index (χ2n) is 9.26. The second-order valence-corrected chi connectivity index (χ2v) is 16.3. The van der Waals surface area contributed by atoms with Gasteiger partial charge >= 0.3 is 0 Å². The first kappa shape index (κ1) is 23.1.